The third kappa shape index (κ3) is 3.03. The summed E-state index contributed by atoms with van der Waals surface area (Å²) in [6.45, 7) is 4.76. The van der Waals surface area contributed by atoms with Crippen LogP contribution in [0.1, 0.15) is 25.0 Å². The van der Waals surface area contributed by atoms with Gasteiger partial charge >= 0.3 is 0 Å². The standard InChI is InChI=1S/C41H29N/c1-41(2)32-20-10-8-19-31(32)39-37-28(16-12-21-33(37)41)25-36-40(39)38-30-18-7-6-15-27(30)23-24-35(38)42(36)34-22-11-9-17-29(34)26-13-4-3-5-14-26/h3-25H,1-2H3. The maximum absolute atomic E-state index is 2.52. The molecule has 0 saturated heterocycles. The lowest BCUT2D eigenvalue weighted by atomic mass is 9.68. The summed E-state index contributed by atoms with van der Waals surface area (Å²) in [7, 11) is 0. The second-order valence-corrected chi connectivity index (χ2v) is 12.1. The van der Waals surface area contributed by atoms with Gasteiger partial charge in [0.2, 0.25) is 0 Å². The first-order valence-electron chi connectivity index (χ1n) is 14.8. The maximum Gasteiger partial charge on any atom is 0.0554 e. The highest BCUT2D eigenvalue weighted by molar-refractivity contribution is 6.30. The van der Waals surface area contributed by atoms with Crippen LogP contribution in [0.5, 0.6) is 0 Å². The Morgan fingerprint density at radius 3 is 2.05 bits per heavy atom. The van der Waals surface area contributed by atoms with Crippen molar-refractivity contribution >= 4 is 43.4 Å². The minimum Gasteiger partial charge on any atom is -0.309 e. The van der Waals surface area contributed by atoms with Gasteiger partial charge in [-0.1, -0.05) is 135 Å². The molecule has 0 amide bonds. The highest BCUT2D eigenvalue weighted by atomic mass is 15.0. The van der Waals surface area contributed by atoms with Crippen LogP contribution in [-0.2, 0) is 5.41 Å². The van der Waals surface area contributed by atoms with Crippen LogP contribution in [0.25, 0.3) is 71.3 Å². The van der Waals surface area contributed by atoms with Crippen LogP contribution in [0, 0.1) is 0 Å². The SMILES string of the molecule is CC1(C)c2ccccc2-c2c3c1cccc3cc1c2c2c3ccccc3ccc2n1-c1ccccc1-c1ccccc1. The number of rotatable bonds is 2. The molecule has 0 bridgehead atoms. The van der Waals surface area contributed by atoms with Crippen LogP contribution in [0.3, 0.4) is 0 Å². The summed E-state index contributed by atoms with van der Waals surface area (Å²) in [5.74, 6) is 0. The second-order valence-electron chi connectivity index (χ2n) is 12.1. The lowest BCUT2D eigenvalue weighted by Crippen LogP contribution is -2.23. The van der Waals surface area contributed by atoms with Crippen molar-refractivity contribution in [1.82, 2.24) is 4.57 Å². The van der Waals surface area contributed by atoms with Gasteiger partial charge in [0.05, 0.1) is 16.7 Å². The van der Waals surface area contributed by atoms with Gasteiger partial charge in [0.15, 0.2) is 0 Å². The Labute approximate surface area is 245 Å². The molecule has 1 heteroatoms. The Bertz CT molecular complexity index is 2370. The van der Waals surface area contributed by atoms with Crippen molar-refractivity contribution in [2.45, 2.75) is 19.3 Å². The second kappa shape index (κ2) is 8.44. The molecule has 0 aliphatic heterocycles. The van der Waals surface area contributed by atoms with Crippen LogP contribution < -0.4 is 0 Å². The Morgan fingerprint density at radius 1 is 0.476 bits per heavy atom. The zero-order chi connectivity index (χ0) is 28.0. The Morgan fingerprint density at radius 2 is 1.17 bits per heavy atom. The molecular formula is C41H29N. The van der Waals surface area contributed by atoms with Crippen LogP contribution in [0.15, 0.2) is 140 Å². The van der Waals surface area contributed by atoms with Gasteiger partial charge in [-0.3, -0.25) is 0 Å². The summed E-state index contributed by atoms with van der Waals surface area (Å²) in [4.78, 5) is 0. The first-order chi connectivity index (χ1) is 20.6. The maximum atomic E-state index is 2.52. The molecule has 1 aliphatic rings. The molecule has 42 heavy (non-hydrogen) atoms. The average Bonchev–Trinajstić information content (AvgIpc) is 3.37. The number of hydrogen-bond donors (Lipinski definition) is 0. The van der Waals surface area contributed by atoms with E-state index in [0.717, 1.165) is 0 Å². The van der Waals surface area contributed by atoms with Crippen molar-refractivity contribution < 1.29 is 0 Å². The van der Waals surface area contributed by atoms with Gasteiger partial charge in [-0.25, -0.2) is 0 Å². The van der Waals surface area contributed by atoms with E-state index in [1.165, 1.54) is 82.4 Å². The molecule has 0 spiro atoms. The largest absolute Gasteiger partial charge is 0.309 e. The van der Waals surface area contributed by atoms with Crippen molar-refractivity contribution in [3.8, 4) is 27.9 Å². The molecule has 9 rings (SSSR count). The summed E-state index contributed by atoms with van der Waals surface area (Å²) in [5, 5.41) is 7.91. The molecule has 0 radical (unpaired) electrons. The van der Waals surface area contributed by atoms with Gasteiger partial charge in [-0.2, -0.15) is 0 Å². The monoisotopic (exact) mass is 535 g/mol. The van der Waals surface area contributed by atoms with Crippen molar-refractivity contribution in [3.05, 3.63) is 151 Å². The van der Waals surface area contributed by atoms with Crippen molar-refractivity contribution in [1.29, 1.82) is 0 Å². The Hall–Kier alpha value is -5.14. The van der Waals surface area contributed by atoms with Gasteiger partial charge < -0.3 is 4.57 Å². The van der Waals surface area contributed by atoms with Gasteiger partial charge in [-0.15, -0.1) is 0 Å². The third-order valence-corrected chi connectivity index (χ3v) is 9.56. The van der Waals surface area contributed by atoms with E-state index >= 15 is 0 Å². The summed E-state index contributed by atoms with van der Waals surface area (Å²) < 4.78 is 2.52. The number of hydrogen-bond acceptors (Lipinski definition) is 0. The topological polar surface area (TPSA) is 4.93 Å². The van der Waals surface area contributed by atoms with Crippen LogP contribution in [0.2, 0.25) is 0 Å². The summed E-state index contributed by atoms with van der Waals surface area (Å²) >= 11 is 0. The fourth-order valence-corrected chi connectivity index (χ4v) is 7.68. The first kappa shape index (κ1) is 23.6. The minimum atomic E-state index is -0.0862. The van der Waals surface area contributed by atoms with E-state index < -0.39 is 0 Å². The van der Waals surface area contributed by atoms with E-state index in [-0.39, 0.29) is 5.41 Å². The molecule has 1 aromatic heterocycles. The number of fused-ring (bicyclic) bond motifs is 8. The molecule has 1 heterocycles. The fraction of sp³-hybridized carbons (Fsp3) is 0.0732. The molecule has 1 aliphatic carbocycles. The molecule has 0 N–H and O–H groups in total. The normalized spacial score (nSPS) is 13.7. The fourth-order valence-electron chi connectivity index (χ4n) is 7.68. The predicted octanol–water partition coefficient (Wildman–Crippen LogP) is 11.1. The van der Waals surface area contributed by atoms with Crippen LogP contribution in [0.4, 0.5) is 0 Å². The summed E-state index contributed by atoms with van der Waals surface area (Å²) in [6.07, 6.45) is 0. The lowest BCUT2D eigenvalue weighted by molar-refractivity contribution is 0.645. The van der Waals surface area contributed by atoms with Gasteiger partial charge in [-0.05, 0) is 62.0 Å². The number of aromatic nitrogens is 1. The third-order valence-electron chi connectivity index (χ3n) is 9.56. The Kier molecular flexibility index (Phi) is 4.73. The molecule has 1 nitrogen and oxygen atoms in total. The van der Waals surface area contributed by atoms with Crippen LogP contribution in [-0.4, -0.2) is 4.57 Å². The van der Waals surface area contributed by atoms with E-state index in [9.17, 15) is 0 Å². The molecule has 0 atom stereocenters. The van der Waals surface area contributed by atoms with E-state index in [2.05, 4.69) is 158 Å². The quantitative estimate of drug-likeness (QED) is 0.207. The molecule has 198 valence electrons. The average molecular weight is 536 g/mol. The zero-order valence-corrected chi connectivity index (χ0v) is 23.7. The molecule has 0 unspecified atom stereocenters. The minimum absolute atomic E-state index is 0.0862. The lowest BCUT2D eigenvalue weighted by Gasteiger charge is -2.35. The van der Waals surface area contributed by atoms with Gasteiger partial charge in [0, 0.05) is 27.3 Å². The van der Waals surface area contributed by atoms with Crippen molar-refractivity contribution in [2.24, 2.45) is 0 Å². The van der Waals surface area contributed by atoms with E-state index in [1.807, 2.05) is 0 Å². The van der Waals surface area contributed by atoms with Gasteiger partial charge in [0.25, 0.3) is 0 Å². The highest BCUT2D eigenvalue weighted by Crippen LogP contribution is 2.53. The molecule has 0 fully saturated rings. The van der Waals surface area contributed by atoms with Gasteiger partial charge in [0.1, 0.15) is 0 Å². The molecule has 7 aromatic carbocycles. The summed E-state index contributed by atoms with van der Waals surface area (Å²) in [5.41, 5.74) is 11.6. The molecule has 0 saturated carbocycles. The molecular weight excluding hydrogens is 506 g/mol. The van der Waals surface area contributed by atoms with E-state index in [1.54, 1.807) is 0 Å². The molecule has 8 aromatic rings. The predicted molar refractivity (Wildman–Crippen MR) is 179 cm³/mol. The van der Waals surface area contributed by atoms with Crippen molar-refractivity contribution in [3.63, 3.8) is 0 Å². The Balaban J connectivity index is 1.57. The zero-order valence-electron chi connectivity index (χ0n) is 23.7. The number of benzene rings is 7. The number of nitrogens with zero attached hydrogens (tertiary/aromatic N) is 1. The van der Waals surface area contributed by atoms with E-state index in [4.69, 9.17) is 0 Å². The van der Waals surface area contributed by atoms with Crippen LogP contribution >= 0.6 is 0 Å². The summed E-state index contributed by atoms with van der Waals surface area (Å²) in [6, 6.07) is 51.5. The highest BCUT2D eigenvalue weighted by Gasteiger charge is 2.35. The van der Waals surface area contributed by atoms with E-state index in [0.29, 0.717) is 0 Å². The first-order valence-corrected chi connectivity index (χ1v) is 14.8. The smallest absolute Gasteiger partial charge is 0.0554 e. The van der Waals surface area contributed by atoms with Crippen molar-refractivity contribution in [2.75, 3.05) is 0 Å². The number of para-hydroxylation sites is 1.